The highest BCUT2D eigenvalue weighted by molar-refractivity contribution is 7.09. The fourth-order valence-electron chi connectivity index (χ4n) is 7.17. The number of aromatic amines is 1. The second-order valence-electron chi connectivity index (χ2n) is 16.7. The zero-order valence-electron chi connectivity index (χ0n) is 39.1. The first-order valence-electron chi connectivity index (χ1n) is 22.3. The molecule has 1 aliphatic rings. The Hall–Kier alpha value is -7.21. The van der Waals surface area contributed by atoms with Crippen LogP contribution in [-0.2, 0) is 59.1 Å². The molecule has 9 amide bonds. The van der Waals surface area contributed by atoms with Crippen LogP contribution in [0.5, 0.6) is 5.75 Å². The lowest BCUT2D eigenvalue weighted by atomic mass is 9.94. The van der Waals surface area contributed by atoms with Crippen LogP contribution in [0.2, 0.25) is 0 Å². The molecule has 2 bridgehead atoms. The van der Waals surface area contributed by atoms with Gasteiger partial charge in [-0.2, -0.15) is 0 Å². The average Bonchev–Trinajstić information content (AvgIpc) is 3.96. The number of methoxy groups -OCH3 is 1. The number of ketones is 1. The molecule has 0 unspecified atom stereocenters. The van der Waals surface area contributed by atoms with Crippen molar-refractivity contribution >= 4 is 87.8 Å². The topological polar surface area (TPSA) is 351 Å². The molecular weight excluding hydrogens is 919 g/mol. The van der Waals surface area contributed by atoms with Crippen LogP contribution in [-0.4, -0.2) is 131 Å². The van der Waals surface area contributed by atoms with Crippen LogP contribution in [0.15, 0.2) is 35.9 Å². The number of aromatic nitrogens is 2. The van der Waals surface area contributed by atoms with Crippen LogP contribution in [0.4, 0.5) is 0 Å². The minimum atomic E-state index is -1.67. The molecule has 2 aromatic heterocycles. The fourth-order valence-corrected chi connectivity index (χ4v) is 7.99. The Morgan fingerprint density at radius 2 is 1.71 bits per heavy atom. The van der Waals surface area contributed by atoms with Crippen LogP contribution in [0, 0.1) is 11.8 Å². The van der Waals surface area contributed by atoms with Crippen molar-refractivity contribution in [2.45, 2.75) is 109 Å². The summed E-state index contributed by atoms with van der Waals surface area (Å²) in [5, 5.41) is 33.1. The maximum absolute atomic E-state index is 14.2. The van der Waals surface area contributed by atoms with Gasteiger partial charge in [-0.1, -0.05) is 40.5 Å². The molecule has 12 N–H and O–H groups in total. The number of hydrogen-bond acceptors (Lipinski definition) is 14. The number of ether oxygens (including phenoxy) is 1. The molecule has 3 aromatic rings. The summed E-state index contributed by atoms with van der Waals surface area (Å²) in [6.45, 7) is 7.32. The van der Waals surface area contributed by atoms with Crippen molar-refractivity contribution < 1.29 is 57.8 Å². The number of phenolic OH excluding ortho intramolecular Hbond substituents is 1. The Morgan fingerprint density at radius 1 is 0.971 bits per heavy atom. The van der Waals surface area contributed by atoms with Crippen LogP contribution < -0.4 is 48.3 Å². The van der Waals surface area contributed by atoms with Gasteiger partial charge in [-0.15, -0.1) is 11.3 Å². The fraction of sp³-hybridized carbons (Fsp3) is 0.489. The Labute approximate surface area is 401 Å². The van der Waals surface area contributed by atoms with Crippen molar-refractivity contribution in [1.82, 2.24) is 52.5 Å². The van der Waals surface area contributed by atoms with Crippen molar-refractivity contribution in [3.8, 4) is 5.75 Å². The highest BCUT2D eigenvalue weighted by Crippen LogP contribution is 2.25. The molecule has 0 saturated carbocycles. The summed E-state index contributed by atoms with van der Waals surface area (Å²) in [4.78, 5) is 141. The van der Waals surface area contributed by atoms with E-state index in [2.05, 4.69) is 52.5 Å². The van der Waals surface area contributed by atoms with E-state index in [4.69, 9.17) is 10.5 Å². The number of nitrogens with two attached hydrogens (primary N) is 1. The number of nitrogens with one attached hydrogen (secondary N) is 9. The highest BCUT2D eigenvalue weighted by atomic mass is 32.1. The summed E-state index contributed by atoms with van der Waals surface area (Å²) in [6, 6.07) is -4.75. The molecule has 1 aliphatic heterocycles. The predicted octanol–water partition coefficient (Wildman–Crippen LogP) is -0.995. The number of aromatic hydroxyl groups is 1. The van der Waals surface area contributed by atoms with Gasteiger partial charge in [0.2, 0.25) is 53.5 Å². The number of fused-ring (bicyclic) bond motifs is 3. The van der Waals surface area contributed by atoms with E-state index in [1.807, 2.05) is 0 Å². The van der Waals surface area contributed by atoms with E-state index < -0.39 is 114 Å². The molecule has 9 atom stereocenters. The van der Waals surface area contributed by atoms with E-state index in [1.165, 1.54) is 32.2 Å². The monoisotopic (exact) mass is 979 g/mol. The van der Waals surface area contributed by atoms with Crippen LogP contribution in [0.1, 0.15) is 82.6 Å². The molecule has 3 heterocycles. The van der Waals surface area contributed by atoms with Crippen molar-refractivity contribution in [3.05, 3.63) is 52.1 Å². The third kappa shape index (κ3) is 15.4. The third-order valence-corrected chi connectivity index (χ3v) is 12.6. The number of nitrogens with zero attached hydrogens (tertiary/aromatic N) is 1. The number of Topliss-reactive ketones (excluding diaryl/α,β-unsaturated/α-hetero) is 1. The summed E-state index contributed by atoms with van der Waals surface area (Å²) >= 11 is 1.12. The van der Waals surface area contributed by atoms with Crippen molar-refractivity contribution in [3.63, 3.8) is 0 Å². The average molecular weight is 980 g/mol. The first-order valence-corrected chi connectivity index (χ1v) is 23.2. The van der Waals surface area contributed by atoms with Crippen LogP contribution >= 0.6 is 11.3 Å². The molecule has 0 spiro atoms. The minimum Gasteiger partial charge on any atom is -0.508 e. The second kappa shape index (κ2) is 25.8. The Morgan fingerprint density at radius 3 is 2.38 bits per heavy atom. The highest BCUT2D eigenvalue weighted by Gasteiger charge is 2.36. The van der Waals surface area contributed by atoms with E-state index in [0.29, 0.717) is 40.0 Å². The normalized spacial score (nSPS) is 22.1. The molecule has 69 heavy (non-hydrogen) atoms. The number of phenols is 1. The number of amides is 9. The van der Waals surface area contributed by atoms with E-state index >= 15 is 0 Å². The number of H-pyrrole nitrogens is 1. The van der Waals surface area contributed by atoms with Gasteiger partial charge in [0, 0.05) is 55.1 Å². The number of carbonyl (C=O) groups excluding carboxylic acids is 10. The van der Waals surface area contributed by atoms with E-state index in [0.717, 1.165) is 17.4 Å². The van der Waals surface area contributed by atoms with Gasteiger partial charge < -0.3 is 63.1 Å². The quantitative estimate of drug-likeness (QED) is 0.0572. The molecule has 0 aliphatic carbocycles. The Balaban J connectivity index is 1.76. The van der Waals surface area contributed by atoms with Crippen molar-refractivity contribution in [2.75, 3.05) is 20.3 Å². The minimum absolute atomic E-state index is 0.0557. The zero-order chi connectivity index (χ0) is 50.9. The van der Waals surface area contributed by atoms with Gasteiger partial charge in [0.25, 0.3) is 5.91 Å². The maximum atomic E-state index is 14.2. The van der Waals surface area contributed by atoms with Crippen molar-refractivity contribution in [1.29, 1.82) is 0 Å². The Bertz CT molecular complexity index is 2400. The predicted molar refractivity (Wildman–Crippen MR) is 251 cm³/mol. The van der Waals surface area contributed by atoms with Crippen LogP contribution in [0.3, 0.4) is 0 Å². The molecule has 0 radical (unpaired) electrons. The molecule has 4 rings (SSSR count). The molecule has 24 heteroatoms. The molecular formula is C45H61N11O12S. The third-order valence-electron chi connectivity index (χ3n) is 11.6. The van der Waals surface area contributed by atoms with Gasteiger partial charge >= 0.3 is 0 Å². The second-order valence-corrected chi connectivity index (χ2v) is 17.6. The summed E-state index contributed by atoms with van der Waals surface area (Å²) in [6.07, 6.45) is 4.42. The lowest BCUT2D eigenvalue weighted by molar-refractivity contribution is -0.142. The summed E-state index contributed by atoms with van der Waals surface area (Å²) in [5.74, 6) is -9.19. The lowest BCUT2D eigenvalue weighted by Crippen LogP contribution is -2.62. The molecule has 374 valence electrons. The molecule has 1 aromatic carbocycles. The standard InChI is InChI=1S/C45H61N11O12S/c1-7-22(3)36-38(61)44(67)54-33(19-68-6)45-51-26(20-69-45)9-14-35(60)52-31(15-25-17-47-29-11-10-27(58)16-28(25)29)40(63)48-18-32(42(65)50-24(5)39(62)55-36)53-43(66)37(23(4)8-2)56-41(64)30(49-21-57)12-13-34(46)59/h9-11,14,16-17,20-24,30-33,36-37,47,58H,7-8,12-13,15,18-19H2,1-6H3,(H2,46,59)(H,48,63)(H,49,57)(H,50,65)(H,52,60)(H,53,66)(H,54,67)(H,55,62)(H,56,64)/b14-9+/t22-,23-,24-,30-,31-,32-,33-,36-,37-/m0/s1. The van der Waals surface area contributed by atoms with Gasteiger partial charge in [-0.05, 0) is 55.0 Å². The summed E-state index contributed by atoms with van der Waals surface area (Å²) in [7, 11) is 1.39. The van der Waals surface area contributed by atoms with Gasteiger partial charge in [0.1, 0.15) is 47.0 Å². The van der Waals surface area contributed by atoms with E-state index in [-0.39, 0.29) is 38.0 Å². The Kier molecular flexibility index (Phi) is 20.3. The number of carbonyl (C=O) groups is 10. The first-order chi connectivity index (χ1) is 32.8. The van der Waals surface area contributed by atoms with Gasteiger partial charge in [-0.3, -0.25) is 47.9 Å². The summed E-state index contributed by atoms with van der Waals surface area (Å²) in [5.41, 5.74) is 6.68. The molecule has 0 fully saturated rings. The number of rotatable bonds is 17. The van der Waals surface area contributed by atoms with Gasteiger partial charge in [0.05, 0.1) is 18.3 Å². The number of primary amides is 1. The van der Waals surface area contributed by atoms with E-state index in [1.54, 1.807) is 45.3 Å². The van der Waals surface area contributed by atoms with Crippen molar-refractivity contribution in [2.24, 2.45) is 17.6 Å². The maximum Gasteiger partial charge on any atom is 0.290 e. The zero-order valence-corrected chi connectivity index (χ0v) is 40.0. The number of thiazole rings is 1. The number of hydrogen-bond donors (Lipinski definition) is 11. The number of benzene rings is 1. The van der Waals surface area contributed by atoms with Crippen LogP contribution in [0.25, 0.3) is 17.0 Å². The SMILES string of the molecule is CC[C@H](C)[C@H](NC(=O)[C@H](CCC(N)=O)NC=O)C(=O)N[C@H]1CNC(=O)[C@H](Cc2c[nH]c3ccc(O)cc23)NC(=O)/C=C/c2csc(n2)[C@H](COC)NC(=O)C(=O)[C@H]([C@@H](C)CC)NC(=O)[C@H](C)NC1=O. The van der Waals surface area contributed by atoms with E-state index in [9.17, 15) is 53.1 Å². The van der Waals surface area contributed by atoms with Gasteiger partial charge in [0.15, 0.2) is 0 Å². The largest absolute Gasteiger partial charge is 0.508 e. The first kappa shape index (κ1) is 54.4. The smallest absolute Gasteiger partial charge is 0.290 e. The molecule has 0 saturated heterocycles. The van der Waals surface area contributed by atoms with Gasteiger partial charge in [-0.25, -0.2) is 4.98 Å². The lowest BCUT2D eigenvalue weighted by Gasteiger charge is -2.29. The summed E-state index contributed by atoms with van der Waals surface area (Å²) < 4.78 is 5.30. The molecule has 23 nitrogen and oxygen atoms in total.